The molecule has 0 saturated carbocycles. The van der Waals surface area contributed by atoms with Crippen LogP contribution in [0.1, 0.15) is 62.1 Å². The van der Waals surface area contributed by atoms with E-state index in [1.54, 1.807) is 12.0 Å². The smallest absolute Gasteiger partial charge is 0.416 e. The van der Waals surface area contributed by atoms with E-state index in [4.69, 9.17) is 4.74 Å². The van der Waals surface area contributed by atoms with Gasteiger partial charge in [0.05, 0.1) is 24.5 Å². The number of likely N-dealkylation sites (tertiary alicyclic amines) is 2. The summed E-state index contributed by atoms with van der Waals surface area (Å²) in [5.74, 6) is -1.79. The van der Waals surface area contributed by atoms with Gasteiger partial charge in [-0.15, -0.1) is 0 Å². The molecule has 3 fully saturated rings. The minimum Gasteiger partial charge on any atom is -0.497 e. The molecule has 8 nitrogen and oxygen atoms in total. The molecule has 0 radical (unpaired) electrons. The van der Waals surface area contributed by atoms with E-state index < -0.39 is 23.6 Å². The SMILES string of the molecule is COc1ccc([C@@H]2CN(C(C)(C)C)C[C@H]2C(=O)N2C[C@H](CO)[C@@H](c3ccc(C(F)(F)F)cc3N3CCC(C(=O)O)CC3)C2)cc1. The molecule has 3 heterocycles. The van der Waals surface area contributed by atoms with Gasteiger partial charge in [-0.1, -0.05) is 18.2 Å². The number of aliphatic carboxylic acids is 1. The highest BCUT2D eigenvalue weighted by atomic mass is 19.4. The van der Waals surface area contributed by atoms with Crippen LogP contribution in [-0.2, 0) is 15.8 Å². The van der Waals surface area contributed by atoms with E-state index in [2.05, 4.69) is 25.7 Å². The average Bonchev–Trinajstić information content (AvgIpc) is 3.66. The topological polar surface area (TPSA) is 93.6 Å². The number of aliphatic hydroxyl groups is 1. The van der Waals surface area contributed by atoms with Crippen LogP contribution in [0.5, 0.6) is 5.75 Å². The Morgan fingerprint density at radius 1 is 0.933 bits per heavy atom. The fourth-order valence-corrected chi connectivity index (χ4v) is 7.29. The molecule has 2 aromatic rings. The van der Waals surface area contributed by atoms with Crippen molar-refractivity contribution in [3.8, 4) is 5.75 Å². The van der Waals surface area contributed by atoms with Crippen molar-refractivity contribution in [3.63, 3.8) is 0 Å². The molecule has 4 atom stereocenters. The van der Waals surface area contributed by atoms with Crippen molar-refractivity contribution < 1.29 is 37.7 Å². The standard InChI is InChI=1S/C34H44F3N3O5/c1-33(2,3)40-18-28(21-5-8-25(45-4)9-6-21)29(19-40)31(42)39-16-23(20-41)27(17-39)26-10-7-24(34(35,36)37)15-30(26)38-13-11-22(12-14-38)32(43)44/h5-10,15,22-23,27-29,41H,11-14,16-20H2,1-4H3,(H,43,44)/t23-,27+,28+,29-/m1/s1. The minimum atomic E-state index is -4.54. The number of carboxylic acid groups (broad SMARTS) is 1. The number of alkyl halides is 3. The van der Waals surface area contributed by atoms with Crippen molar-refractivity contribution in [2.75, 3.05) is 57.9 Å². The number of halogens is 3. The van der Waals surface area contributed by atoms with Gasteiger partial charge in [0.1, 0.15) is 5.75 Å². The summed E-state index contributed by atoms with van der Waals surface area (Å²) in [7, 11) is 1.61. The third-order valence-electron chi connectivity index (χ3n) is 10.1. The molecule has 246 valence electrons. The molecule has 11 heteroatoms. The van der Waals surface area contributed by atoms with E-state index >= 15 is 0 Å². The zero-order valence-corrected chi connectivity index (χ0v) is 26.4. The van der Waals surface area contributed by atoms with Crippen LogP contribution >= 0.6 is 0 Å². The molecule has 3 saturated heterocycles. The van der Waals surface area contributed by atoms with Gasteiger partial charge < -0.3 is 24.7 Å². The van der Waals surface area contributed by atoms with Gasteiger partial charge in [-0.05, 0) is 69.0 Å². The first-order valence-corrected chi connectivity index (χ1v) is 15.7. The molecule has 0 unspecified atom stereocenters. The highest BCUT2D eigenvalue weighted by Gasteiger charge is 2.47. The minimum absolute atomic E-state index is 0.0146. The maximum Gasteiger partial charge on any atom is 0.416 e. The van der Waals surface area contributed by atoms with Crippen LogP contribution in [0.15, 0.2) is 42.5 Å². The number of anilines is 1. The van der Waals surface area contributed by atoms with Crippen LogP contribution in [0.2, 0.25) is 0 Å². The maximum atomic E-state index is 14.3. The zero-order chi connectivity index (χ0) is 32.7. The van der Waals surface area contributed by atoms with Gasteiger partial charge in [0.2, 0.25) is 5.91 Å². The summed E-state index contributed by atoms with van der Waals surface area (Å²) >= 11 is 0. The van der Waals surface area contributed by atoms with E-state index in [9.17, 15) is 33.0 Å². The van der Waals surface area contributed by atoms with E-state index in [1.807, 2.05) is 29.2 Å². The molecule has 0 aromatic heterocycles. The van der Waals surface area contributed by atoms with Crippen molar-refractivity contribution in [2.24, 2.45) is 17.8 Å². The molecule has 0 spiro atoms. The number of ether oxygens (including phenoxy) is 1. The number of benzene rings is 2. The predicted octanol–water partition coefficient (Wildman–Crippen LogP) is 5.06. The van der Waals surface area contributed by atoms with Crippen molar-refractivity contribution >= 4 is 17.6 Å². The number of nitrogens with zero attached hydrogens (tertiary/aromatic N) is 3. The molecule has 2 aromatic carbocycles. The van der Waals surface area contributed by atoms with Crippen LogP contribution in [-0.4, -0.2) is 90.4 Å². The van der Waals surface area contributed by atoms with E-state index in [0.717, 1.165) is 23.4 Å². The van der Waals surface area contributed by atoms with Crippen LogP contribution in [0.25, 0.3) is 0 Å². The maximum absolute atomic E-state index is 14.3. The summed E-state index contributed by atoms with van der Waals surface area (Å²) in [5, 5.41) is 19.9. The second kappa shape index (κ2) is 12.8. The second-order valence-corrected chi connectivity index (χ2v) is 13.7. The first-order chi connectivity index (χ1) is 21.2. The van der Waals surface area contributed by atoms with Gasteiger partial charge in [0.15, 0.2) is 0 Å². The summed E-state index contributed by atoms with van der Waals surface area (Å²) in [6.07, 6.45) is -3.87. The molecule has 0 bridgehead atoms. The Hall–Kier alpha value is -3.31. The van der Waals surface area contributed by atoms with Gasteiger partial charge in [-0.25, -0.2) is 0 Å². The second-order valence-electron chi connectivity index (χ2n) is 13.7. The highest BCUT2D eigenvalue weighted by Crippen LogP contribution is 2.44. The summed E-state index contributed by atoms with van der Waals surface area (Å²) in [4.78, 5) is 31.8. The van der Waals surface area contributed by atoms with Crippen LogP contribution in [0.4, 0.5) is 18.9 Å². The number of rotatable bonds is 7. The summed E-state index contributed by atoms with van der Waals surface area (Å²) < 4.78 is 46.8. The van der Waals surface area contributed by atoms with Crippen LogP contribution in [0, 0.1) is 17.8 Å². The number of aliphatic hydroxyl groups excluding tert-OH is 1. The molecule has 0 aliphatic carbocycles. The third-order valence-corrected chi connectivity index (χ3v) is 10.1. The number of amides is 1. The van der Waals surface area contributed by atoms with Gasteiger partial charge in [-0.2, -0.15) is 13.2 Å². The first-order valence-electron chi connectivity index (χ1n) is 15.7. The quantitative estimate of drug-likeness (QED) is 0.441. The first kappa shape index (κ1) is 33.1. The Labute approximate surface area is 262 Å². The Kier molecular flexibility index (Phi) is 9.43. The van der Waals surface area contributed by atoms with Gasteiger partial charge in [0.25, 0.3) is 0 Å². The summed E-state index contributed by atoms with van der Waals surface area (Å²) in [6.45, 7) is 8.70. The third kappa shape index (κ3) is 6.94. The number of methoxy groups -OCH3 is 1. The Balaban J connectivity index is 1.43. The number of piperidine rings is 1. The summed E-state index contributed by atoms with van der Waals surface area (Å²) in [5.41, 5.74) is 1.18. The molecule has 3 aliphatic rings. The number of carbonyl (C=O) groups excluding carboxylic acids is 1. The molecule has 1 amide bonds. The van der Waals surface area contributed by atoms with Gasteiger partial charge in [-0.3, -0.25) is 14.5 Å². The van der Waals surface area contributed by atoms with Crippen LogP contribution in [0.3, 0.4) is 0 Å². The number of hydrogen-bond donors (Lipinski definition) is 2. The monoisotopic (exact) mass is 631 g/mol. The average molecular weight is 632 g/mol. The van der Waals surface area contributed by atoms with Gasteiger partial charge in [0, 0.05) is 74.9 Å². The van der Waals surface area contributed by atoms with Crippen molar-refractivity contribution in [2.45, 2.75) is 57.2 Å². The Morgan fingerprint density at radius 3 is 2.16 bits per heavy atom. The predicted molar refractivity (Wildman–Crippen MR) is 164 cm³/mol. The van der Waals surface area contributed by atoms with E-state index in [0.29, 0.717) is 56.8 Å². The lowest BCUT2D eigenvalue weighted by molar-refractivity contribution is -0.142. The lowest BCUT2D eigenvalue weighted by atomic mass is 9.86. The molecule has 5 rings (SSSR count). The number of carbonyl (C=O) groups is 2. The zero-order valence-electron chi connectivity index (χ0n) is 26.4. The summed E-state index contributed by atoms with van der Waals surface area (Å²) in [6, 6.07) is 11.5. The highest BCUT2D eigenvalue weighted by molar-refractivity contribution is 5.81. The lowest BCUT2D eigenvalue weighted by Gasteiger charge is -2.35. The Morgan fingerprint density at radius 2 is 1.60 bits per heavy atom. The van der Waals surface area contributed by atoms with Crippen molar-refractivity contribution in [1.29, 1.82) is 0 Å². The normalized spacial score (nSPS) is 25.2. The molecule has 3 aliphatic heterocycles. The van der Waals surface area contributed by atoms with E-state index in [1.165, 1.54) is 6.07 Å². The van der Waals surface area contributed by atoms with Crippen molar-refractivity contribution in [3.05, 3.63) is 59.2 Å². The molecule has 45 heavy (non-hydrogen) atoms. The molecular weight excluding hydrogens is 587 g/mol. The number of hydrogen-bond acceptors (Lipinski definition) is 6. The van der Waals surface area contributed by atoms with Crippen LogP contribution < -0.4 is 9.64 Å². The van der Waals surface area contributed by atoms with E-state index in [-0.39, 0.29) is 48.3 Å². The van der Waals surface area contributed by atoms with Gasteiger partial charge >= 0.3 is 12.1 Å². The Bertz CT molecular complexity index is 1370. The molecular formula is C34H44F3N3O5. The fraction of sp³-hybridized carbons (Fsp3) is 0.588. The lowest BCUT2D eigenvalue weighted by Crippen LogP contribution is -2.42. The fourth-order valence-electron chi connectivity index (χ4n) is 7.29. The molecule has 2 N–H and O–H groups in total. The number of carboxylic acids is 1. The van der Waals surface area contributed by atoms with Crippen molar-refractivity contribution in [1.82, 2.24) is 9.80 Å². The largest absolute Gasteiger partial charge is 0.497 e.